The van der Waals surface area contributed by atoms with Gasteiger partial charge in [-0.15, -0.1) is 0 Å². The number of carbonyl (C=O) groups excluding carboxylic acids is 1. The zero-order valence-corrected chi connectivity index (χ0v) is 13.7. The van der Waals surface area contributed by atoms with Gasteiger partial charge in [0.25, 0.3) is 0 Å². The van der Waals surface area contributed by atoms with Gasteiger partial charge in [-0.2, -0.15) is 5.26 Å². The summed E-state index contributed by atoms with van der Waals surface area (Å²) < 4.78 is 5.50. The molecule has 4 nitrogen and oxygen atoms in total. The molecule has 118 valence electrons. The Bertz CT molecular complexity index is 415. The van der Waals surface area contributed by atoms with Crippen LogP contribution in [0, 0.1) is 22.7 Å². The molecule has 1 spiro atoms. The van der Waals surface area contributed by atoms with Crippen LogP contribution in [0.25, 0.3) is 0 Å². The van der Waals surface area contributed by atoms with Gasteiger partial charge in [0.1, 0.15) is 5.60 Å². The fourth-order valence-electron chi connectivity index (χ4n) is 3.42. The van der Waals surface area contributed by atoms with Crippen LogP contribution in [-0.2, 0) is 4.74 Å². The molecule has 0 radical (unpaired) electrons. The number of likely N-dealkylation sites (tertiary alicyclic amines) is 1. The van der Waals surface area contributed by atoms with Crippen molar-refractivity contribution in [2.75, 3.05) is 13.1 Å². The Morgan fingerprint density at radius 3 is 2.62 bits per heavy atom. The number of hydrogen-bond acceptors (Lipinski definition) is 3. The van der Waals surface area contributed by atoms with E-state index in [1.165, 1.54) is 12.8 Å². The summed E-state index contributed by atoms with van der Waals surface area (Å²) in [4.78, 5) is 14.1. The van der Waals surface area contributed by atoms with Crippen molar-refractivity contribution in [2.45, 2.75) is 71.3 Å². The lowest BCUT2D eigenvalue weighted by Gasteiger charge is -2.39. The minimum Gasteiger partial charge on any atom is -0.444 e. The normalized spacial score (nSPS) is 23.7. The third kappa shape index (κ3) is 4.36. The molecule has 2 rings (SSSR count). The van der Waals surface area contributed by atoms with Crippen molar-refractivity contribution in [2.24, 2.45) is 11.3 Å². The first kappa shape index (κ1) is 16.1. The van der Waals surface area contributed by atoms with Gasteiger partial charge < -0.3 is 9.64 Å². The van der Waals surface area contributed by atoms with Crippen LogP contribution < -0.4 is 0 Å². The van der Waals surface area contributed by atoms with Crippen molar-refractivity contribution in [1.29, 1.82) is 5.26 Å². The highest BCUT2D eigenvalue weighted by atomic mass is 16.6. The molecule has 1 amide bonds. The highest BCUT2D eigenvalue weighted by Gasteiger charge is 2.51. The van der Waals surface area contributed by atoms with Crippen molar-refractivity contribution < 1.29 is 9.53 Å². The van der Waals surface area contributed by atoms with Crippen LogP contribution in [0.3, 0.4) is 0 Å². The summed E-state index contributed by atoms with van der Waals surface area (Å²) in [5.74, 6) is 0.595. The lowest BCUT2D eigenvalue weighted by atomic mass is 9.79. The van der Waals surface area contributed by atoms with E-state index in [1.54, 1.807) is 0 Å². The van der Waals surface area contributed by atoms with Gasteiger partial charge in [-0.05, 0) is 64.2 Å². The third-order valence-electron chi connectivity index (χ3n) is 4.82. The van der Waals surface area contributed by atoms with Gasteiger partial charge in [0.05, 0.1) is 6.07 Å². The van der Waals surface area contributed by atoms with E-state index in [2.05, 4.69) is 6.07 Å². The first-order chi connectivity index (χ1) is 9.86. The molecular formula is C17H28N2O2. The number of carbonyl (C=O) groups is 1. The van der Waals surface area contributed by atoms with E-state index in [0.29, 0.717) is 17.8 Å². The first-order valence-corrected chi connectivity index (χ1v) is 8.21. The molecule has 21 heavy (non-hydrogen) atoms. The zero-order chi connectivity index (χ0) is 15.5. The first-order valence-electron chi connectivity index (χ1n) is 8.21. The summed E-state index contributed by atoms with van der Waals surface area (Å²) in [7, 11) is 0. The Morgan fingerprint density at radius 1 is 1.33 bits per heavy atom. The van der Waals surface area contributed by atoms with Crippen LogP contribution in [0.15, 0.2) is 0 Å². The molecule has 1 atom stereocenters. The van der Waals surface area contributed by atoms with Crippen molar-refractivity contribution >= 4 is 6.09 Å². The molecule has 1 saturated heterocycles. The molecule has 1 saturated carbocycles. The van der Waals surface area contributed by atoms with E-state index in [9.17, 15) is 4.79 Å². The number of amides is 1. The Balaban J connectivity index is 1.87. The molecule has 0 bridgehead atoms. The van der Waals surface area contributed by atoms with Gasteiger partial charge in [0.15, 0.2) is 0 Å². The van der Waals surface area contributed by atoms with Gasteiger partial charge in [-0.3, -0.25) is 0 Å². The Labute approximate surface area is 128 Å². The number of hydrogen-bond donors (Lipinski definition) is 0. The molecule has 4 heteroatoms. The molecule has 1 unspecified atom stereocenters. The average Bonchev–Trinajstić information content (AvgIpc) is 3.15. The molecule has 2 aliphatic rings. The predicted molar refractivity (Wildman–Crippen MR) is 81.7 cm³/mol. The SMILES string of the molecule is CC(C)(C)OC(=O)N1CCC2(CC2)C(CCCCC#N)C1. The van der Waals surface area contributed by atoms with Crippen LogP contribution in [0.4, 0.5) is 4.79 Å². The molecule has 1 aliphatic carbocycles. The third-order valence-corrected chi connectivity index (χ3v) is 4.82. The molecular weight excluding hydrogens is 264 g/mol. The van der Waals surface area contributed by atoms with Gasteiger partial charge >= 0.3 is 6.09 Å². The number of unbranched alkanes of at least 4 members (excludes halogenated alkanes) is 2. The smallest absolute Gasteiger partial charge is 0.410 e. The second kappa shape index (κ2) is 6.25. The molecule has 1 aliphatic heterocycles. The van der Waals surface area contributed by atoms with Gasteiger partial charge in [-0.25, -0.2) is 4.79 Å². The summed E-state index contributed by atoms with van der Waals surface area (Å²) in [6, 6.07) is 2.21. The fraction of sp³-hybridized carbons (Fsp3) is 0.882. The number of piperidine rings is 1. The zero-order valence-electron chi connectivity index (χ0n) is 13.7. The summed E-state index contributed by atoms with van der Waals surface area (Å²) in [6.45, 7) is 7.41. The number of ether oxygens (including phenoxy) is 1. The Morgan fingerprint density at radius 2 is 2.05 bits per heavy atom. The van der Waals surface area contributed by atoms with Crippen LogP contribution in [0.1, 0.15) is 65.7 Å². The van der Waals surface area contributed by atoms with Crippen LogP contribution in [-0.4, -0.2) is 29.7 Å². The Hall–Kier alpha value is -1.24. The van der Waals surface area contributed by atoms with E-state index in [-0.39, 0.29) is 6.09 Å². The lowest BCUT2D eigenvalue weighted by molar-refractivity contribution is 0.00656. The largest absolute Gasteiger partial charge is 0.444 e. The van der Waals surface area contributed by atoms with E-state index in [4.69, 9.17) is 10.00 Å². The summed E-state index contributed by atoms with van der Waals surface area (Å²) >= 11 is 0. The van der Waals surface area contributed by atoms with E-state index < -0.39 is 5.60 Å². The molecule has 0 aromatic rings. The van der Waals surface area contributed by atoms with Gasteiger partial charge in [-0.1, -0.05) is 6.42 Å². The highest BCUT2D eigenvalue weighted by molar-refractivity contribution is 5.68. The standard InChI is InChI=1S/C17H28N2O2/c1-16(2,3)21-15(20)19-12-10-17(8-9-17)14(13-19)7-5-4-6-11-18/h14H,4-10,12-13H2,1-3H3. The monoisotopic (exact) mass is 292 g/mol. The van der Waals surface area contributed by atoms with Gasteiger partial charge in [0.2, 0.25) is 0 Å². The molecule has 1 heterocycles. The van der Waals surface area contributed by atoms with Crippen molar-refractivity contribution in [3.63, 3.8) is 0 Å². The summed E-state index contributed by atoms with van der Waals surface area (Å²) in [5.41, 5.74) is 0.0826. The fourth-order valence-corrected chi connectivity index (χ4v) is 3.42. The van der Waals surface area contributed by atoms with E-state index in [1.807, 2.05) is 25.7 Å². The average molecular weight is 292 g/mol. The maximum atomic E-state index is 12.2. The lowest BCUT2D eigenvalue weighted by Crippen LogP contribution is -2.46. The van der Waals surface area contributed by atoms with Crippen molar-refractivity contribution in [3.05, 3.63) is 0 Å². The number of nitriles is 1. The van der Waals surface area contributed by atoms with Crippen LogP contribution >= 0.6 is 0 Å². The van der Waals surface area contributed by atoms with Crippen LogP contribution in [0.5, 0.6) is 0 Å². The number of rotatable bonds is 4. The topological polar surface area (TPSA) is 53.3 Å². The second-order valence-corrected chi connectivity index (χ2v) is 7.64. The predicted octanol–water partition coefficient (Wildman–Crippen LogP) is 4.11. The molecule has 0 aromatic carbocycles. The minimum atomic E-state index is -0.423. The molecule has 2 fully saturated rings. The Kier molecular flexibility index (Phi) is 4.81. The summed E-state index contributed by atoms with van der Waals surface area (Å²) in [6.07, 6.45) is 7.46. The van der Waals surface area contributed by atoms with Crippen LogP contribution in [0.2, 0.25) is 0 Å². The van der Waals surface area contributed by atoms with E-state index in [0.717, 1.165) is 38.8 Å². The minimum absolute atomic E-state index is 0.167. The number of nitrogens with zero attached hydrogens (tertiary/aromatic N) is 2. The maximum Gasteiger partial charge on any atom is 0.410 e. The van der Waals surface area contributed by atoms with Crippen molar-refractivity contribution in [3.8, 4) is 6.07 Å². The molecule has 0 aromatic heterocycles. The second-order valence-electron chi connectivity index (χ2n) is 7.64. The highest BCUT2D eigenvalue weighted by Crippen LogP contribution is 2.58. The van der Waals surface area contributed by atoms with E-state index >= 15 is 0 Å². The quantitative estimate of drug-likeness (QED) is 0.733. The summed E-state index contributed by atoms with van der Waals surface area (Å²) in [5, 5.41) is 8.62. The maximum absolute atomic E-state index is 12.2. The van der Waals surface area contributed by atoms with Crippen molar-refractivity contribution in [1.82, 2.24) is 4.90 Å². The molecule has 0 N–H and O–H groups in total. The van der Waals surface area contributed by atoms with Gasteiger partial charge in [0, 0.05) is 19.5 Å².